The van der Waals surface area contributed by atoms with Gasteiger partial charge in [0.05, 0.1) is 13.1 Å². The van der Waals surface area contributed by atoms with Crippen LogP contribution >= 0.6 is 0 Å². The summed E-state index contributed by atoms with van der Waals surface area (Å²) < 4.78 is 27.7. The van der Waals surface area contributed by atoms with E-state index in [4.69, 9.17) is 28.9 Å². The smallest absolute Gasteiger partial charge is 0.128 e. The lowest BCUT2D eigenvalue weighted by Crippen LogP contribution is -2.21. The Labute approximate surface area is 492 Å². The summed E-state index contributed by atoms with van der Waals surface area (Å²) in [5.41, 5.74) is 12.4. The van der Waals surface area contributed by atoms with Gasteiger partial charge in [0.2, 0.25) is 0 Å². The monoisotopic (exact) mass is 1110 g/mol. The summed E-state index contributed by atoms with van der Waals surface area (Å²) in [5.74, 6) is 3.41. The zero-order valence-corrected chi connectivity index (χ0v) is 51.1. The van der Waals surface area contributed by atoms with Crippen LogP contribution in [0.3, 0.4) is 0 Å². The highest BCUT2D eigenvalue weighted by Gasteiger charge is 2.29. The van der Waals surface area contributed by atoms with E-state index in [1.807, 2.05) is 24.6 Å². The Balaban J connectivity index is 1.18. The molecular formula is C74H85N3O6. The minimum absolute atomic E-state index is 0.240. The van der Waals surface area contributed by atoms with E-state index in [1.54, 1.807) is 0 Å². The molecule has 0 aromatic heterocycles. The molecule has 3 N–H and O–H groups in total. The summed E-state index contributed by atoms with van der Waals surface area (Å²) in [6.45, 7) is 30.3. The molecule has 0 spiro atoms. The summed E-state index contributed by atoms with van der Waals surface area (Å²) in [7, 11) is 0. The molecule has 0 saturated heterocycles. The number of phenols is 2. The summed E-state index contributed by atoms with van der Waals surface area (Å²) in [5, 5.41) is 33.7. The Morgan fingerprint density at radius 3 is 1.00 bits per heavy atom. The Kier molecular flexibility index (Phi) is 16.9. The number of aliphatic imine (C=N–C) groups is 2. The van der Waals surface area contributed by atoms with Gasteiger partial charge in [-0.15, -0.1) is 0 Å². The third kappa shape index (κ3) is 13.4. The van der Waals surface area contributed by atoms with Crippen molar-refractivity contribution in [1.29, 1.82) is 0 Å². The Morgan fingerprint density at radius 2 is 0.675 bits per heavy atom. The number of rotatable bonds is 0. The quantitative estimate of drug-likeness (QED) is 0.130. The minimum Gasteiger partial charge on any atom is -0.507 e. The minimum atomic E-state index is -0.250. The van der Waals surface area contributed by atoms with Crippen molar-refractivity contribution in [2.75, 3.05) is 52.6 Å². The third-order valence-corrected chi connectivity index (χ3v) is 16.3. The predicted molar refractivity (Wildman–Crippen MR) is 343 cm³/mol. The molecule has 83 heavy (non-hydrogen) atoms. The van der Waals surface area contributed by atoms with Crippen molar-refractivity contribution in [2.45, 2.75) is 130 Å². The van der Waals surface area contributed by atoms with Crippen LogP contribution < -0.4 is 24.3 Å². The molecule has 9 heteroatoms. The highest BCUT2D eigenvalue weighted by atomic mass is 16.5. The fourth-order valence-electron chi connectivity index (χ4n) is 11.4. The summed E-state index contributed by atoms with van der Waals surface area (Å²) >= 11 is 0. The molecule has 10 bridgehead atoms. The second kappa shape index (κ2) is 23.9. The van der Waals surface area contributed by atoms with Gasteiger partial charge >= 0.3 is 0 Å². The zero-order chi connectivity index (χ0) is 58.8. The van der Waals surface area contributed by atoms with Gasteiger partial charge < -0.3 is 34.5 Å². The van der Waals surface area contributed by atoms with Crippen molar-refractivity contribution >= 4 is 34.0 Å². The van der Waals surface area contributed by atoms with E-state index in [2.05, 4.69) is 198 Å². The van der Waals surface area contributed by atoms with Gasteiger partial charge in [-0.2, -0.15) is 0 Å². The van der Waals surface area contributed by atoms with Gasteiger partial charge in [0.15, 0.2) is 0 Å². The van der Waals surface area contributed by atoms with Crippen molar-refractivity contribution in [3.8, 4) is 34.5 Å². The van der Waals surface area contributed by atoms with Crippen molar-refractivity contribution in [1.82, 2.24) is 5.32 Å². The Morgan fingerprint density at radius 1 is 0.373 bits per heavy atom. The number of ether oxygens (including phenoxy) is 4. The first-order valence-electron chi connectivity index (χ1n) is 29.8. The van der Waals surface area contributed by atoms with Gasteiger partial charge in [-0.25, -0.2) is 0 Å². The first-order valence-corrected chi connectivity index (χ1v) is 29.8. The van der Waals surface area contributed by atoms with Crippen LogP contribution in [0.25, 0.3) is 21.5 Å². The van der Waals surface area contributed by atoms with E-state index in [0.29, 0.717) is 51.9 Å². The van der Waals surface area contributed by atoms with Crippen molar-refractivity contribution < 1.29 is 29.2 Å². The number of phenolic OH excluding ortho intramolecular Hbond substituents is 2. The average molecular weight is 1110 g/mol. The maximum Gasteiger partial charge on any atom is 0.128 e. The van der Waals surface area contributed by atoms with Crippen molar-refractivity contribution in [3.05, 3.63) is 199 Å². The molecule has 8 aromatic rings. The van der Waals surface area contributed by atoms with E-state index < -0.39 is 0 Å². The second-order valence-corrected chi connectivity index (χ2v) is 26.9. The fraction of sp³-hybridized carbons (Fsp3) is 0.378. The second-order valence-electron chi connectivity index (χ2n) is 26.9. The number of nitrogens with zero attached hydrogens (tertiary/aromatic N) is 2. The fourth-order valence-corrected chi connectivity index (χ4v) is 11.4. The van der Waals surface area contributed by atoms with Gasteiger partial charge in [0.1, 0.15) is 60.9 Å². The molecule has 3 aliphatic rings. The molecule has 2 aliphatic heterocycles. The first kappa shape index (κ1) is 58.6. The van der Waals surface area contributed by atoms with Crippen LogP contribution in [0.1, 0.15) is 161 Å². The van der Waals surface area contributed by atoms with Crippen LogP contribution in [0.4, 0.5) is 0 Å². The largest absolute Gasteiger partial charge is 0.507 e. The summed E-state index contributed by atoms with van der Waals surface area (Å²) in [6, 6.07) is 42.7. The molecule has 0 saturated carbocycles. The molecule has 2 heterocycles. The van der Waals surface area contributed by atoms with E-state index in [9.17, 15) is 10.2 Å². The molecule has 9 nitrogen and oxygen atoms in total. The lowest BCUT2D eigenvalue weighted by Gasteiger charge is -2.28. The Hall–Kier alpha value is -7.62. The third-order valence-electron chi connectivity index (χ3n) is 16.3. The number of nitrogens with one attached hydrogen (secondary N) is 1. The zero-order valence-electron chi connectivity index (χ0n) is 51.1. The molecule has 0 fully saturated rings. The molecule has 8 aromatic carbocycles. The van der Waals surface area contributed by atoms with Gasteiger partial charge in [-0.1, -0.05) is 192 Å². The molecule has 432 valence electrons. The number of benzene rings is 8. The van der Waals surface area contributed by atoms with Crippen LogP contribution in [-0.2, 0) is 47.3 Å². The maximum atomic E-state index is 12.9. The van der Waals surface area contributed by atoms with E-state index in [0.717, 1.165) is 122 Å². The van der Waals surface area contributed by atoms with E-state index >= 15 is 0 Å². The molecule has 0 unspecified atom stereocenters. The molecule has 0 amide bonds. The van der Waals surface area contributed by atoms with Gasteiger partial charge in [0, 0.05) is 62.3 Å². The van der Waals surface area contributed by atoms with Crippen LogP contribution in [0, 0.1) is 0 Å². The SMILES string of the molecule is CC(C)(C)c1cc2c(O)c(c1)Cc1cc(C(C)(C)C)cc3c1OCCOc1ccc4ccccc4c1C=NCCNCCN=Cc1c(ccc4ccccc14)OCCOc1c(cc(C(C)(C)C)cc1Cc1cc(C(C)(C)C)cc(c1O)C3)C2. The normalized spacial score (nSPS) is 15.2. The lowest BCUT2D eigenvalue weighted by molar-refractivity contribution is 0.214. The number of aromatic hydroxyl groups is 2. The average Bonchev–Trinajstić information content (AvgIpc) is 3.59. The predicted octanol–water partition coefficient (Wildman–Crippen LogP) is 15.6. The highest BCUT2D eigenvalue weighted by molar-refractivity contribution is 6.03. The molecular weight excluding hydrogens is 1030 g/mol. The summed E-state index contributed by atoms with van der Waals surface area (Å²) in [4.78, 5) is 9.82. The van der Waals surface area contributed by atoms with Crippen LogP contribution in [0.5, 0.6) is 34.5 Å². The molecule has 1 aliphatic carbocycles. The van der Waals surface area contributed by atoms with Gasteiger partial charge in [-0.05, 0) is 122 Å². The van der Waals surface area contributed by atoms with Crippen LogP contribution in [0.15, 0.2) is 131 Å². The topological polar surface area (TPSA) is 114 Å². The number of fused-ring (bicyclic) bond motifs is 14. The van der Waals surface area contributed by atoms with Gasteiger partial charge in [-0.3, -0.25) is 9.98 Å². The standard InChI is InChI=1S/C74H85N3O6/c1-71(2,3)57-37-49-33-53-41-59(73(7,8)9)43-55-35-51-39-58(72(4,5)6)40-52(68(51)79)36-56-44-60(74(10,11)12)42-54(34-50(38-57)67(49)78)70(56)83-32-30-81-66-24-22-48-18-14-16-20-62(48)64(66)46-77-28-26-75-25-27-76-45-63-61-19-15-13-17-47(61)21-23-65(63)80-29-31-82-69(53)55/h13-24,37-46,75,78-79H,25-36H2,1-12H3. The highest BCUT2D eigenvalue weighted by Crippen LogP contribution is 2.44. The van der Waals surface area contributed by atoms with Crippen molar-refractivity contribution in [3.63, 3.8) is 0 Å². The van der Waals surface area contributed by atoms with Crippen LogP contribution in [-0.4, -0.2) is 75.2 Å². The van der Waals surface area contributed by atoms with E-state index in [-0.39, 0.29) is 59.6 Å². The van der Waals surface area contributed by atoms with Crippen LogP contribution in [0.2, 0.25) is 0 Å². The lowest BCUT2D eigenvalue weighted by atomic mass is 9.79. The van der Waals surface area contributed by atoms with Crippen molar-refractivity contribution in [2.24, 2.45) is 9.98 Å². The van der Waals surface area contributed by atoms with E-state index in [1.165, 1.54) is 0 Å². The maximum absolute atomic E-state index is 12.9. The Bertz CT molecular complexity index is 3410. The molecule has 0 radical (unpaired) electrons. The van der Waals surface area contributed by atoms with Gasteiger partial charge in [0.25, 0.3) is 0 Å². The number of hydrogen-bond acceptors (Lipinski definition) is 9. The number of hydrogen-bond donors (Lipinski definition) is 3. The molecule has 11 rings (SSSR count). The molecule has 0 atom stereocenters. The first-order chi connectivity index (χ1) is 39.5. The summed E-state index contributed by atoms with van der Waals surface area (Å²) in [6.07, 6.45) is 5.44.